The van der Waals surface area contributed by atoms with Gasteiger partial charge in [0.05, 0.1) is 0 Å². The summed E-state index contributed by atoms with van der Waals surface area (Å²) in [6.07, 6.45) is 4.83. The standard InChI is InChI=1S/C32H33FO/c1-3-5-6-11-31(32(33)29-17-14-24-9-7-8-10-28(24)23-29)27-15-12-25(13-16-27)26-18-20-30(21-19-26)34-22-4-2/h4,7-10,12-21,23,31-32H,2-3,5-6,11,22H2,1H3. The highest BCUT2D eigenvalue weighted by molar-refractivity contribution is 5.83. The molecule has 0 heterocycles. The minimum Gasteiger partial charge on any atom is -0.490 e. The summed E-state index contributed by atoms with van der Waals surface area (Å²) in [6.45, 7) is 6.36. The van der Waals surface area contributed by atoms with E-state index in [4.69, 9.17) is 4.74 Å². The first kappa shape index (κ1) is 23.8. The molecule has 2 atom stereocenters. The summed E-state index contributed by atoms with van der Waals surface area (Å²) >= 11 is 0. The fourth-order valence-corrected chi connectivity index (χ4v) is 4.53. The van der Waals surface area contributed by atoms with Crippen molar-refractivity contribution in [2.75, 3.05) is 6.61 Å². The van der Waals surface area contributed by atoms with Gasteiger partial charge in [-0.05, 0) is 57.6 Å². The van der Waals surface area contributed by atoms with Crippen molar-refractivity contribution in [1.29, 1.82) is 0 Å². The van der Waals surface area contributed by atoms with E-state index in [2.05, 4.69) is 62.0 Å². The molecule has 0 aliphatic rings. The molecular formula is C32H33FO. The Bertz CT molecular complexity index is 1190. The van der Waals surface area contributed by atoms with Crippen LogP contribution < -0.4 is 4.74 Å². The number of fused-ring (bicyclic) bond motifs is 1. The fourth-order valence-electron chi connectivity index (χ4n) is 4.53. The van der Waals surface area contributed by atoms with Crippen LogP contribution in [0.1, 0.15) is 55.8 Å². The highest BCUT2D eigenvalue weighted by Crippen LogP contribution is 2.39. The minimum absolute atomic E-state index is 0.156. The predicted octanol–water partition coefficient (Wildman–Crippen LogP) is 9.45. The molecule has 0 aliphatic carbocycles. The number of halogens is 1. The van der Waals surface area contributed by atoms with E-state index in [1.165, 1.54) is 0 Å². The Labute approximate surface area is 202 Å². The lowest BCUT2D eigenvalue weighted by Gasteiger charge is -2.23. The van der Waals surface area contributed by atoms with E-state index in [-0.39, 0.29) is 5.92 Å². The van der Waals surface area contributed by atoms with Crippen LogP contribution in [0.15, 0.2) is 104 Å². The molecule has 0 fully saturated rings. The zero-order chi connectivity index (χ0) is 23.8. The van der Waals surface area contributed by atoms with Crippen molar-refractivity contribution >= 4 is 10.8 Å². The Morgan fingerprint density at radius 2 is 1.44 bits per heavy atom. The maximum atomic E-state index is 16.0. The second kappa shape index (κ2) is 11.7. The van der Waals surface area contributed by atoms with Crippen LogP contribution in [0.3, 0.4) is 0 Å². The van der Waals surface area contributed by atoms with Crippen molar-refractivity contribution in [1.82, 2.24) is 0 Å². The molecule has 0 amide bonds. The molecule has 4 aromatic carbocycles. The van der Waals surface area contributed by atoms with Crippen molar-refractivity contribution < 1.29 is 9.13 Å². The number of alkyl halides is 1. The van der Waals surface area contributed by atoms with Gasteiger partial charge in [0.2, 0.25) is 0 Å². The maximum Gasteiger partial charge on any atom is 0.132 e. The van der Waals surface area contributed by atoms with Gasteiger partial charge in [-0.1, -0.05) is 112 Å². The molecule has 2 heteroatoms. The van der Waals surface area contributed by atoms with Gasteiger partial charge in [0.25, 0.3) is 0 Å². The summed E-state index contributed by atoms with van der Waals surface area (Å²) < 4.78 is 21.6. The quantitative estimate of drug-likeness (QED) is 0.163. The van der Waals surface area contributed by atoms with E-state index in [0.717, 1.165) is 64.5 Å². The smallest absolute Gasteiger partial charge is 0.132 e. The molecule has 4 rings (SSSR count). The van der Waals surface area contributed by atoms with E-state index in [1.54, 1.807) is 6.08 Å². The van der Waals surface area contributed by atoms with Crippen molar-refractivity contribution in [2.45, 2.75) is 44.7 Å². The monoisotopic (exact) mass is 452 g/mol. The van der Waals surface area contributed by atoms with Crippen LogP contribution in [0.2, 0.25) is 0 Å². The van der Waals surface area contributed by atoms with E-state index < -0.39 is 6.17 Å². The molecule has 0 saturated heterocycles. The molecule has 0 aliphatic heterocycles. The lowest BCUT2D eigenvalue weighted by molar-refractivity contribution is 0.273. The van der Waals surface area contributed by atoms with Gasteiger partial charge in [-0.3, -0.25) is 0 Å². The van der Waals surface area contributed by atoms with Crippen LogP contribution in [0.5, 0.6) is 5.75 Å². The third-order valence-corrected chi connectivity index (χ3v) is 6.46. The first-order valence-corrected chi connectivity index (χ1v) is 12.3. The van der Waals surface area contributed by atoms with Gasteiger partial charge in [-0.25, -0.2) is 4.39 Å². The van der Waals surface area contributed by atoms with Gasteiger partial charge in [0.1, 0.15) is 18.5 Å². The normalized spacial score (nSPS) is 12.9. The third kappa shape index (κ3) is 5.75. The average molecular weight is 453 g/mol. The van der Waals surface area contributed by atoms with Crippen LogP contribution in [0, 0.1) is 0 Å². The summed E-state index contributed by atoms with van der Waals surface area (Å²) in [4.78, 5) is 0. The van der Waals surface area contributed by atoms with E-state index >= 15 is 4.39 Å². The van der Waals surface area contributed by atoms with E-state index in [0.29, 0.717) is 6.61 Å². The number of hydrogen-bond acceptors (Lipinski definition) is 1. The van der Waals surface area contributed by atoms with Gasteiger partial charge in [0.15, 0.2) is 0 Å². The fraction of sp³-hybridized carbons (Fsp3) is 0.250. The van der Waals surface area contributed by atoms with Crippen LogP contribution >= 0.6 is 0 Å². The van der Waals surface area contributed by atoms with E-state index in [1.807, 2.05) is 42.5 Å². The van der Waals surface area contributed by atoms with E-state index in [9.17, 15) is 0 Å². The molecule has 0 saturated carbocycles. The third-order valence-electron chi connectivity index (χ3n) is 6.46. The summed E-state index contributed by atoms with van der Waals surface area (Å²) in [5, 5.41) is 2.23. The number of rotatable bonds is 11. The first-order valence-electron chi connectivity index (χ1n) is 12.3. The van der Waals surface area contributed by atoms with Gasteiger partial charge >= 0.3 is 0 Å². The average Bonchev–Trinajstić information content (AvgIpc) is 2.90. The summed E-state index contributed by atoms with van der Waals surface area (Å²) in [5.74, 6) is 0.670. The number of ether oxygens (including phenoxy) is 1. The molecule has 0 aromatic heterocycles. The van der Waals surface area contributed by atoms with Crippen molar-refractivity contribution in [3.8, 4) is 16.9 Å². The molecular weight excluding hydrogens is 419 g/mol. The van der Waals surface area contributed by atoms with Gasteiger partial charge < -0.3 is 4.74 Å². The zero-order valence-corrected chi connectivity index (χ0v) is 19.9. The van der Waals surface area contributed by atoms with Crippen molar-refractivity contribution in [2.24, 2.45) is 0 Å². The predicted molar refractivity (Wildman–Crippen MR) is 142 cm³/mol. The largest absolute Gasteiger partial charge is 0.490 e. The lowest BCUT2D eigenvalue weighted by Crippen LogP contribution is -2.08. The lowest BCUT2D eigenvalue weighted by atomic mass is 9.85. The van der Waals surface area contributed by atoms with Crippen LogP contribution in [0.25, 0.3) is 21.9 Å². The van der Waals surface area contributed by atoms with Gasteiger partial charge in [-0.2, -0.15) is 0 Å². The molecule has 4 aromatic rings. The number of hydrogen-bond donors (Lipinski definition) is 0. The van der Waals surface area contributed by atoms with Crippen LogP contribution in [0.4, 0.5) is 4.39 Å². The van der Waals surface area contributed by atoms with Crippen LogP contribution in [-0.4, -0.2) is 6.61 Å². The highest BCUT2D eigenvalue weighted by atomic mass is 19.1. The zero-order valence-electron chi connectivity index (χ0n) is 19.9. The number of unbranched alkanes of at least 4 members (excludes halogenated alkanes) is 2. The highest BCUT2D eigenvalue weighted by Gasteiger charge is 2.24. The Kier molecular flexibility index (Phi) is 8.14. The summed E-state index contributed by atoms with van der Waals surface area (Å²) in [5.41, 5.74) is 4.06. The number of benzene rings is 4. The first-order chi connectivity index (χ1) is 16.7. The minimum atomic E-state index is -1.03. The Morgan fingerprint density at radius 1 is 0.794 bits per heavy atom. The van der Waals surface area contributed by atoms with Crippen LogP contribution in [-0.2, 0) is 0 Å². The maximum absolute atomic E-state index is 16.0. The Hall–Kier alpha value is -3.39. The summed E-state index contributed by atoms with van der Waals surface area (Å²) in [7, 11) is 0. The molecule has 0 bridgehead atoms. The van der Waals surface area contributed by atoms with Crippen molar-refractivity contribution in [3.05, 3.63) is 115 Å². The topological polar surface area (TPSA) is 9.23 Å². The molecule has 0 N–H and O–H groups in total. The molecule has 174 valence electrons. The SMILES string of the molecule is C=CCOc1ccc(-c2ccc(C(CCCCC)C(F)c3ccc4ccccc4c3)cc2)cc1. The Balaban J connectivity index is 1.56. The van der Waals surface area contributed by atoms with Crippen molar-refractivity contribution in [3.63, 3.8) is 0 Å². The Morgan fingerprint density at radius 3 is 2.12 bits per heavy atom. The second-order valence-electron chi connectivity index (χ2n) is 8.86. The molecule has 0 spiro atoms. The van der Waals surface area contributed by atoms with Gasteiger partial charge in [0, 0.05) is 5.92 Å². The molecule has 0 radical (unpaired) electrons. The van der Waals surface area contributed by atoms with Gasteiger partial charge in [-0.15, -0.1) is 0 Å². The molecule has 2 unspecified atom stereocenters. The molecule has 1 nitrogen and oxygen atoms in total. The summed E-state index contributed by atoms with van der Waals surface area (Å²) in [6, 6.07) is 30.6. The second-order valence-corrected chi connectivity index (χ2v) is 8.86. The molecule has 34 heavy (non-hydrogen) atoms.